The normalized spacial score (nSPS) is 16.4. The molecule has 1 atom stereocenters. The van der Waals surface area contributed by atoms with Crippen LogP contribution < -0.4 is 0 Å². The van der Waals surface area contributed by atoms with Crippen molar-refractivity contribution in [3.8, 4) is 11.1 Å². The van der Waals surface area contributed by atoms with Gasteiger partial charge in [0, 0.05) is 34.2 Å². The van der Waals surface area contributed by atoms with E-state index >= 15 is 0 Å². The van der Waals surface area contributed by atoms with Crippen molar-refractivity contribution in [2.45, 2.75) is 12.5 Å². The van der Waals surface area contributed by atoms with Crippen molar-refractivity contribution in [3.63, 3.8) is 0 Å². The van der Waals surface area contributed by atoms with Gasteiger partial charge in [0.05, 0.1) is 23.5 Å². The van der Waals surface area contributed by atoms with Crippen LogP contribution in [0.4, 0.5) is 0 Å². The largest absolute Gasteiger partial charge is 0.256 e. The molecule has 1 aromatic heterocycles. The highest BCUT2D eigenvalue weighted by Gasteiger charge is 2.35. The number of sulfonamides is 1. The molecule has 1 aliphatic heterocycles. The van der Waals surface area contributed by atoms with E-state index in [1.807, 2.05) is 78.9 Å². The minimum atomic E-state index is -3.56. The van der Waals surface area contributed by atoms with Crippen LogP contribution in [0.2, 0.25) is 5.02 Å². The van der Waals surface area contributed by atoms with Gasteiger partial charge in [0.25, 0.3) is 0 Å². The van der Waals surface area contributed by atoms with Crippen LogP contribution in [-0.2, 0) is 10.0 Å². The Balaban J connectivity index is 1.73. The highest BCUT2D eigenvalue weighted by molar-refractivity contribution is 7.88. The number of pyridine rings is 1. The fraction of sp³-hybridized carbons (Fsp3) is 0.120. The molecule has 5 nitrogen and oxygen atoms in total. The number of benzene rings is 3. The summed E-state index contributed by atoms with van der Waals surface area (Å²) in [5.74, 6) is 0. The Morgan fingerprint density at radius 2 is 1.66 bits per heavy atom. The molecule has 2 heterocycles. The quantitative estimate of drug-likeness (QED) is 0.393. The first-order chi connectivity index (χ1) is 15.4. The molecule has 32 heavy (non-hydrogen) atoms. The summed E-state index contributed by atoms with van der Waals surface area (Å²) in [6, 6.07) is 24.7. The Morgan fingerprint density at radius 1 is 0.969 bits per heavy atom. The summed E-state index contributed by atoms with van der Waals surface area (Å²) in [7, 11) is -3.56. The van der Waals surface area contributed by atoms with E-state index in [0.29, 0.717) is 17.2 Å². The summed E-state index contributed by atoms with van der Waals surface area (Å²) in [6.07, 6.45) is 3.42. The Hall–Kier alpha value is -3.22. The predicted molar refractivity (Wildman–Crippen MR) is 129 cm³/mol. The van der Waals surface area contributed by atoms with E-state index in [4.69, 9.17) is 11.6 Å². The monoisotopic (exact) mass is 461 g/mol. The number of hydrogen-bond acceptors (Lipinski definition) is 4. The maximum atomic E-state index is 12.6. The minimum absolute atomic E-state index is 0.403. The summed E-state index contributed by atoms with van der Waals surface area (Å²) in [6.45, 7) is 0. The molecule has 0 bridgehead atoms. The van der Waals surface area contributed by atoms with E-state index in [2.05, 4.69) is 10.1 Å². The van der Waals surface area contributed by atoms with Crippen LogP contribution in [0.5, 0.6) is 0 Å². The molecular weight excluding hydrogens is 442 g/mol. The maximum absolute atomic E-state index is 12.6. The molecule has 0 amide bonds. The molecule has 0 spiro atoms. The van der Waals surface area contributed by atoms with E-state index < -0.39 is 16.1 Å². The van der Waals surface area contributed by atoms with Gasteiger partial charge in [-0.25, -0.2) is 8.42 Å². The third-order valence-electron chi connectivity index (χ3n) is 5.60. The topological polar surface area (TPSA) is 62.6 Å². The Labute approximate surface area is 192 Å². The van der Waals surface area contributed by atoms with Gasteiger partial charge in [-0.15, -0.1) is 0 Å². The average molecular weight is 462 g/mol. The lowest BCUT2D eigenvalue weighted by Gasteiger charge is -2.21. The number of nitrogens with zero attached hydrogens (tertiary/aromatic N) is 3. The van der Waals surface area contributed by atoms with E-state index in [1.165, 1.54) is 10.7 Å². The van der Waals surface area contributed by atoms with Crippen LogP contribution in [0.25, 0.3) is 22.0 Å². The van der Waals surface area contributed by atoms with Crippen LogP contribution in [0.1, 0.15) is 23.6 Å². The van der Waals surface area contributed by atoms with E-state index in [0.717, 1.165) is 33.2 Å². The molecule has 0 fully saturated rings. The van der Waals surface area contributed by atoms with Crippen LogP contribution in [0.15, 0.2) is 90.2 Å². The van der Waals surface area contributed by atoms with Crippen molar-refractivity contribution in [3.05, 3.63) is 101 Å². The molecule has 0 N–H and O–H groups in total. The first-order valence-corrected chi connectivity index (χ1v) is 12.4. The number of fused-ring (bicyclic) bond motifs is 1. The highest BCUT2D eigenvalue weighted by atomic mass is 35.5. The number of rotatable bonds is 4. The second kappa shape index (κ2) is 8.04. The van der Waals surface area contributed by atoms with E-state index in [1.54, 1.807) is 6.20 Å². The maximum Gasteiger partial charge on any atom is 0.247 e. The zero-order valence-electron chi connectivity index (χ0n) is 17.3. The third-order valence-corrected chi connectivity index (χ3v) is 6.85. The number of hydrogen-bond donors (Lipinski definition) is 0. The molecule has 4 aromatic rings. The highest BCUT2D eigenvalue weighted by Crippen LogP contribution is 2.39. The molecular formula is C25H20ClN3O2S. The Kier molecular flexibility index (Phi) is 5.19. The standard InChI is InChI=1S/C25H20ClN3O2S/c1-32(30,31)29-24(17-8-4-2-5-9-17)15-23(28-29)21-16-27-22-13-12-19(26)14-20(22)25(21)18-10-6-3-7-11-18/h2-14,16,24H,15H2,1H3. The molecule has 1 unspecified atom stereocenters. The summed E-state index contributed by atoms with van der Waals surface area (Å²) in [5, 5.41) is 6.11. The van der Waals surface area contributed by atoms with Gasteiger partial charge in [-0.1, -0.05) is 72.3 Å². The second-order valence-electron chi connectivity index (χ2n) is 7.79. The number of halogens is 1. The van der Waals surface area contributed by atoms with Gasteiger partial charge in [0.2, 0.25) is 10.0 Å². The summed E-state index contributed by atoms with van der Waals surface area (Å²) >= 11 is 6.33. The fourth-order valence-electron chi connectivity index (χ4n) is 4.18. The van der Waals surface area contributed by atoms with Crippen molar-refractivity contribution in [1.82, 2.24) is 9.40 Å². The van der Waals surface area contributed by atoms with Crippen molar-refractivity contribution < 1.29 is 8.42 Å². The molecule has 1 aliphatic rings. The van der Waals surface area contributed by atoms with Crippen molar-refractivity contribution in [2.75, 3.05) is 6.26 Å². The van der Waals surface area contributed by atoms with Gasteiger partial charge in [-0.2, -0.15) is 9.52 Å². The van der Waals surface area contributed by atoms with Gasteiger partial charge in [0.1, 0.15) is 0 Å². The second-order valence-corrected chi connectivity index (χ2v) is 10.1. The minimum Gasteiger partial charge on any atom is -0.256 e. The molecule has 5 rings (SSSR count). The SMILES string of the molecule is CS(=O)(=O)N1N=C(c2cnc3ccc(Cl)cc3c2-c2ccccc2)CC1c1ccccc1. The Morgan fingerprint density at radius 3 is 2.34 bits per heavy atom. The van der Waals surface area contributed by atoms with Crippen molar-refractivity contribution in [2.24, 2.45) is 5.10 Å². The summed E-state index contributed by atoms with van der Waals surface area (Å²) in [4.78, 5) is 4.63. The van der Waals surface area contributed by atoms with Gasteiger partial charge in [0.15, 0.2) is 0 Å². The van der Waals surface area contributed by atoms with Crippen LogP contribution in [-0.4, -0.2) is 29.8 Å². The molecule has 0 radical (unpaired) electrons. The van der Waals surface area contributed by atoms with E-state index in [-0.39, 0.29) is 0 Å². The molecule has 3 aromatic carbocycles. The van der Waals surface area contributed by atoms with Gasteiger partial charge in [-0.05, 0) is 29.3 Å². The molecule has 160 valence electrons. The van der Waals surface area contributed by atoms with Crippen molar-refractivity contribution in [1.29, 1.82) is 0 Å². The van der Waals surface area contributed by atoms with Gasteiger partial charge in [-0.3, -0.25) is 4.98 Å². The third kappa shape index (κ3) is 3.76. The zero-order chi connectivity index (χ0) is 22.3. The lowest BCUT2D eigenvalue weighted by atomic mass is 9.91. The van der Waals surface area contributed by atoms with Gasteiger partial charge >= 0.3 is 0 Å². The van der Waals surface area contributed by atoms with Crippen LogP contribution in [0.3, 0.4) is 0 Å². The zero-order valence-corrected chi connectivity index (χ0v) is 18.9. The van der Waals surface area contributed by atoms with Gasteiger partial charge < -0.3 is 0 Å². The van der Waals surface area contributed by atoms with E-state index in [9.17, 15) is 8.42 Å². The summed E-state index contributed by atoms with van der Waals surface area (Å²) in [5.41, 5.74) is 5.13. The van der Waals surface area contributed by atoms with Crippen LogP contribution in [0, 0.1) is 0 Å². The first-order valence-electron chi connectivity index (χ1n) is 10.2. The van der Waals surface area contributed by atoms with Crippen molar-refractivity contribution >= 4 is 38.2 Å². The first kappa shape index (κ1) is 20.7. The smallest absolute Gasteiger partial charge is 0.247 e. The lowest BCUT2D eigenvalue weighted by Crippen LogP contribution is -2.25. The molecule has 0 saturated carbocycles. The lowest BCUT2D eigenvalue weighted by molar-refractivity contribution is 0.375. The number of aromatic nitrogens is 1. The predicted octanol–water partition coefficient (Wildman–Crippen LogP) is 5.67. The fourth-order valence-corrected chi connectivity index (χ4v) is 5.26. The molecule has 0 aliphatic carbocycles. The summed E-state index contributed by atoms with van der Waals surface area (Å²) < 4.78 is 26.4. The number of hydrazone groups is 1. The molecule has 0 saturated heterocycles. The average Bonchev–Trinajstić information content (AvgIpc) is 3.25. The van der Waals surface area contributed by atoms with Crippen LogP contribution >= 0.6 is 11.6 Å². The Bertz CT molecular complexity index is 1440. The molecule has 7 heteroatoms.